The van der Waals surface area contributed by atoms with E-state index < -0.39 is 10.0 Å². The third-order valence-electron chi connectivity index (χ3n) is 2.64. The van der Waals surface area contributed by atoms with E-state index in [1.807, 2.05) is 32.0 Å². The fourth-order valence-electron chi connectivity index (χ4n) is 1.85. The molecule has 18 heavy (non-hydrogen) atoms. The quantitative estimate of drug-likeness (QED) is 0.773. The van der Waals surface area contributed by atoms with Crippen LogP contribution in [0.3, 0.4) is 0 Å². The Morgan fingerprint density at radius 3 is 2.50 bits per heavy atom. The minimum Gasteiger partial charge on any atom is -0.399 e. The summed E-state index contributed by atoms with van der Waals surface area (Å²) in [5.74, 6) is 0.204. The number of anilines is 1. The van der Waals surface area contributed by atoms with E-state index in [1.165, 1.54) is 0 Å². The zero-order valence-electron chi connectivity index (χ0n) is 11.1. The summed E-state index contributed by atoms with van der Waals surface area (Å²) >= 11 is 0. The van der Waals surface area contributed by atoms with Crippen LogP contribution in [0.5, 0.6) is 0 Å². The van der Waals surface area contributed by atoms with Crippen molar-refractivity contribution >= 4 is 15.7 Å². The molecule has 0 saturated heterocycles. The van der Waals surface area contributed by atoms with Gasteiger partial charge < -0.3 is 5.73 Å². The second kappa shape index (κ2) is 6.75. The summed E-state index contributed by atoms with van der Waals surface area (Å²) in [7, 11) is -3.15. The highest BCUT2D eigenvalue weighted by atomic mass is 32.2. The summed E-state index contributed by atoms with van der Waals surface area (Å²) in [6.07, 6.45) is 1.45. The SMILES string of the molecule is CCCN(Cc1cccc(N)c1)S(=O)(=O)CCC. The number of hydrogen-bond acceptors (Lipinski definition) is 3. The molecule has 2 N–H and O–H groups in total. The predicted octanol–water partition coefficient (Wildman–Crippen LogP) is 2.22. The van der Waals surface area contributed by atoms with Gasteiger partial charge in [-0.3, -0.25) is 0 Å². The molecule has 1 aromatic rings. The molecule has 0 spiro atoms. The van der Waals surface area contributed by atoms with Gasteiger partial charge in [-0.2, -0.15) is 4.31 Å². The molecule has 0 fully saturated rings. The lowest BCUT2D eigenvalue weighted by atomic mass is 10.2. The maximum Gasteiger partial charge on any atom is 0.214 e. The first-order valence-corrected chi connectivity index (χ1v) is 7.92. The first-order chi connectivity index (χ1) is 8.49. The molecule has 0 saturated carbocycles. The molecule has 0 bridgehead atoms. The summed E-state index contributed by atoms with van der Waals surface area (Å²) < 4.78 is 25.8. The van der Waals surface area contributed by atoms with Crippen LogP contribution in [0.4, 0.5) is 5.69 Å². The van der Waals surface area contributed by atoms with Gasteiger partial charge in [-0.1, -0.05) is 26.0 Å². The first-order valence-electron chi connectivity index (χ1n) is 6.31. The lowest BCUT2D eigenvalue weighted by Crippen LogP contribution is -2.33. The lowest BCUT2D eigenvalue weighted by Gasteiger charge is -2.21. The van der Waals surface area contributed by atoms with Gasteiger partial charge in [0.1, 0.15) is 0 Å². The molecule has 0 unspecified atom stereocenters. The highest BCUT2D eigenvalue weighted by Gasteiger charge is 2.20. The Balaban J connectivity index is 2.87. The van der Waals surface area contributed by atoms with Crippen molar-refractivity contribution in [3.8, 4) is 0 Å². The van der Waals surface area contributed by atoms with Gasteiger partial charge in [0.15, 0.2) is 0 Å². The number of nitrogens with two attached hydrogens (primary N) is 1. The summed E-state index contributed by atoms with van der Waals surface area (Å²) in [4.78, 5) is 0. The van der Waals surface area contributed by atoms with Gasteiger partial charge in [-0.05, 0) is 30.5 Å². The van der Waals surface area contributed by atoms with Crippen molar-refractivity contribution < 1.29 is 8.42 Å². The van der Waals surface area contributed by atoms with Crippen molar-refractivity contribution in [2.24, 2.45) is 0 Å². The molecular weight excluding hydrogens is 248 g/mol. The molecule has 102 valence electrons. The number of hydrogen-bond donors (Lipinski definition) is 1. The van der Waals surface area contributed by atoms with Crippen LogP contribution in [0.1, 0.15) is 32.3 Å². The zero-order valence-corrected chi connectivity index (χ0v) is 11.9. The fourth-order valence-corrected chi connectivity index (χ4v) is 3.43. The number of rotatable bonds is 7. The molecule has 0 aliphatic carbocycles. The largest absolute Gasteiger partial charge is 0.399 e. The van der Waals surface area contributed by atoms with Crippen molar-refractivity contribution in [1.29, 1.82) is 0 Å². The van der Waals surface area contributed by atoms with Crippen molar-refractivity contribution in [1.82, 2.24) is 4.31 Å². The third kappa shape index (κ3) is 4.31. The normalized spacial score (nSPS) is 11.9. The second-order valence-electron chi connectivity index (χ2n) is 4.39. The minimum atomic E-state index is -3.15. The van der Waals surface area contributed by atoms with Crippen LogP contribution in [-0.4, -0.2) is 25.0 Å². The van der Waals surface area contributed by atoms with Gasteiger partial charge in [0, 0.05) is 18.8 Å². The summed E-state index contributed by atoms with van der Waals surface area (Å²) in [6, 6.07) is 7.38. The average molecular weight is 270 g/mol. The number of nitrogens with zero attached hydrogens (tertiary/aromatic N) is 1. The van der Waals surface area contributed by atoms with E-state index >= 15 is 0 Å². The van der Waals surface area contributed by atoms with E-state index in [0.29, 0.717) is 25.2 Å². The highest BCUT2D eigenvalue weighted by Crippen LogP contribution is 2.14. The second-order valence-corrected chi connectivity index (χ2v) is 6.48. The zero-order chi connectivity index (χ0) is 13.6. The summed E-state index contributed by atoms with van der Waals surface area (Å²) in [6.45, 7) is 4.81. The molecule has 0 radical (unpaired) electrons. The maximum absolute atomic E-state index is 12.1. The third-order valence-corrected chi connectivity index (χ3v) is 4.66. The van der Waals surface area contributed by atoms with Crippen LogP contribution >= 0.6 is 0 Å². The van der Waals surface area contributed by atoms with E-state index in [0.717, 1.165) is 12.0 Å². The summed E-state index contributed by atoms with van der Waals surface area (Å²) in [5.41, 5.74) is 7.31. The molecule has 0 aliphatic heterocycles. The Morgan fingerprint density at radius 2 is 1.94 bits per heavy atom. The van der Waals surface area contributed by atoms with Crippen molar-refractivity contribution in [3.63, 3.8) is 0 Å². The van der Waals surface area contributed by atoms with Gasteiger partial charge in [0.25, 0.3) is 0 Å². The van der Waals surface area contributed by atoms with Crippen molar-refractivity contribution in [3.05, 3.63) is 29.8 Å². The standard InChI is InChI=1S/C13H22N2O2S/c1-3-8-15(18(16,17)9-4-2)11-12-6-5-7-13(14)10-12/h5-7,10H,3-4,8-9,11,14H2,1-2H3. The molecule has 0 amide bonds. The minimum absolute atomic E-state index is 0.204. The lowest BCUT2D eigenvalue weighted by molar-refractivity contribution is 0.405. The van der Waals surface area contributed by atoms with Crippen molar-refractivity contribution in [2.75, 3.05) is 18.0 Å². The molecular formula is C13H22N2O2S. The van der Waals surface area contributed by atoms with Crippen LogP contribution in [0.2, 0.25) is 0 Å². The van der Waals surface area contributed by atoms with E-state index in [1.54, 1.807) is 10.4 Å². The number of benzene rings is 1. The Labute approximate surface area is 110 Å². The Kier molecular flexibility index (Phi) is 5.62. The van der Waals surface area contributed by atoms with Gasteiger partial charge in [0.05, 0.1) is 5.75 Å². The monoisotopic (exact) mass is 270 g/mol. The van der Waals surface area contributed by atoms with Gasteiger partial charge in [0.2, 0.25) is 10.0 Å². The molecule has 0 atom stereocenters. The first kappa shape index (κ1) is 15.0. The van der Waals surface area contributed by atoms with E-state index in [2.05, 4.69) is 0 Å². The van der Waals surface area contributed by atoms with Crippen LogP contribution in [0.15, 0.2) is 24.3 Å². The number of nitrogen functional groups attached to an aromatic ring is 1. The Bertz CT molecular complexity index is 472. The average Bonchev–Trinajstić information content (AvgIpc) is 2.28. The molecule has 0 aromatic heterocycles. The van der Waals surface area contributed by atoms with E-state index in [-0.39, 0.29) is 5.75 Å². The Hall–Kier alpha value is -1.07. The number of sulfonamides is 1. The molecule has 4 nitrogen and oxygen atoms in total. The molecule has 1 aromatic carbocycles. The molecule has 5 heteroatoms. The topological polar surface area (TPSA) is 63.4 Å². The Morgan fingerprint density at radius 1 is 1.22 bits per heavy atom. The van der Waals surface area contributed by atoms with Crippen LogP contribution in [0, 0.1) is 0 Å². The van der Waals surface area contributed by atoms with Gasteiger partial charge in [-0.15, -0.1) is 0 Å². The smallest absolute Gasteiger partial charge is 0.214 e. The molecule has 0 heterocycles. The van der Waals surface area contributed by atoms with Gasteiger partial charge in [-0.25, -0.2) is 8.42 Å². The van der Waals surface area contributed by atoms with Crippen LogP contribution < -0.4 is 5.73 Å². The summed E-state index contributed by atoms with van der Waals surface area (Å²) in [5, 5.41) is 0. The van der Waals surface area contributed by atoms with Gasteiger partial charge >= 0.3 is 0 Å². The predicted molar refractivity (Wildman–Crippen MR) is 75.6 cm³/mol. The molecule has 0 aliphatic rings. The fraction of sp³-hybridized carbons (Fsp3) is 0.538. The van der Waals surface area contributed by atoms with Crippen molar-refractivity contribution in [2.45, 2.75) is 33.2 Å². The molecule has 1 rings (SSSR count). The van der Waals surface area contributed by atoms with Crippen LogP contribution in [0.25, 0.3) is 0 Å². The maximum atomic E-state index is 12.1. The van der Waals surface area contributed by atoms with E-state index in [9.17, 15) is 8.42 Å². The highest BCUT2D eigenvalue weighted by molar-refractivity contribution is 7.89. The van der Waals surface area contributed by atoms with E-state index in [4.69, 9.17) is 5.73 Å². The van der Waals surface area contributed by atoms with Crippen LogP contribution in [-0.2, 0) is 16.6 Å².